The second kappa shape index (κ2) is 5.97. The molecule has 2 aromatic heterocycles. The molecule has 4 rings (SSSR count). The largest absolute Gasteiger partial charge is 0.334 e. The zero-order valence-corrected chi connectivity index (χ0v) is 15.0. The van der Waals surface area contributed by atoms with Crippen molar-refractivity contribution in [1.29, 1.82) is 0 Å². The minimum atomic E-state index is -0.433. The van der Waals surface area contributed by atoms with Gasteiger partial charge in [0.15, 0.2) is 5.82 Å². The summed E-state index contributed by atoms with van der Waals surface area (Å²) >= 11 is 6.27. The van der Waals surface area contributed by atoms with Gasteiger partial charge in [0.1, 0.15) is 0 Å². The molecule has 1 aromatic carbocycles. The van der Waals surface area contributed by atoms with Gasteiger partial charge in [0.05, 0.1) is 23.3 Å². The lowest BCUT2D eigenvalue weighted by atomic mass is 9.77. The molecular formula is C18H20ClN5O. The third kappa shape index (κ3) is 2.75. The number of halogens is 1. The van der Waals surface area contributed by atoms with Gasteiger partial charge in [0.2, 0.25) is 0 Å². The first-order chi connectivity index (χ1) is 12.0. The van der Waals surface area contributed by atoms with Crippen LogP contribution in [0.25, 0.3) is 11.5 Å². The zero-order valence-electron chi connectivity index (χ0n) is 14.3. The van der Waals surface area contributed by atoms with Crippen molar-refractivity contribution in [3.8, 4) is 11.5 Å². The molecule has 2 N–H and O–H groups in total. The molecule has 0 saturated heterocycles. The smallest absolute Gasteiger partial charge is 0.261 e. The highest BCUT2D eigenvalue weighted by Crippen LogP contribution is 2.38. The quantitative estimate of drug-likeness (QED) is 0.771. The molecule has 1 saturated carbocycles. The van der Waals surface area contributed by atoms with E-state index in [2.05, 4.69) is 15.2 Å². The maximum atomic E-state index is 6.30. The fourth-order valence-electron chi connectivity index (χ4n) is 3.26. The molecule has 1 aliphatic rings. The Labute approximate surface area is 151 Å². The van der Waals surface area contributed by atoms with Gasteiger partial charge < -0.3 is 10.3 Å². The number of hydrogen-bond acceptors (Lipinski definition) is 5. The predicted molar refractivity (Wildman–Crippen MR) is 95.3 cm³/mol. The van der Waals surface area contributed by atoms with Crippen LogP contribution in [-0.4, -0.2) is 19.9 Å². The average Bonchev–Trinajstić information content (AvgIpc) is 3.13. The number of hydrogen-bond donors (Lipinski definition) is 1. The Morgan fingerprint density at radius 2 is 2.04 bits per heavy atom. The average molecular weight is 358 g/mol. The number of aryl methyl sites for hydroxylation is 1. The Morgan fingerprint density at radius 1 is 1.28 bits per heavy atom. The van der Waals surface area contributed by atoms with Gasteiger partial charge >= 0.3 is 0 Å². The van der Waals surface area contributed by atoms with Gasteiger partial charge in [-0.3, -0.25) is 4.68 Å². The highest BCUT2D eigenvalue weighted by Gasteiger charge is 2.39. The van der Waals surface area contributed by atoms with Crippen molar-refractivity contribution in [2.75, 3.05) is 0 Å². The van der Waals surface area contributed by atoms with Crippen molar-refractivity contribution in [3.05, 3.63) is 52.1 Å². The Kier molecular flexibility index (Phi) is 3.89. The van der Waals surface area contributed by atoms with Crippen LogP contribution >= 0.6 is 11.6 Å². The Hall–Kier alpha value is -2.18. The second-order valence-electron chi connectivity index (χ2n) is 6.73. The van der Waals surface area contributed by atoms with Crippen molar-refractivity contribution in [1.82, 2.24) is 19.9 Å². The van der Waals surface area contributed by atoms with E-state index >= 15 is 0 Å². The van der Waals surface area contributed by atoms with Gasteiger partial charge in [-0.1, -0.05) is 35.0 Å². The third-order valence-electron chi connectivity index (χ3n) is 4.99. The fraction of sp³-hybridized carbons (Fsp3) is 0.389. The van der Waals surface area contributed by atoms with Crippen molar-refractivity contribution in [2.45, 2.75) is 45.2 Å². The molecule has 0 bridgehead atoms. The van der Waals surface area contributed by atoms with Crippen molar-refractivity contribution in [3.63, 3.8) is 0 Å². The summed E-state index contributed by atoms with van der Waals surface area (Å²) in [5.74, 6) is 1.07. The standard InChI is InChI=1S/C18H20ClN5O/c1-11-15(16-21-17(23-25-16)18(20)8-5-9-18)12(2)24(22-11)10-13-6-3-4-7-14(13)19/h3-4,6-7H,5,8-10,20H2,1-2H3. The van der Waals surface area contributed by atoms with Crippen molar-refractivity contribution < 1.29 is 4.52 Å². The van der Waals surface area contributed by atoms with Gasteiger partial charge in [0, 0.05) is 10.7 Å². The van der Waals surface area contributed by atoms with Crippen LogP contribution in [0.5, 0.6) is 0 Å². The van der Waals surface area contributed by atoms with Crippen LogP contribution in [0.15, 0.2) is 28.8 Å². The topological polar surface area (TPSA) is 82.8 Å². The number of benzene rings is 1. The molecule has 25 heavy (non-hydrogen) atoms. The van der Waals surface area contributed by atoms with E-state index in [1.807, 2.05) is 42.8 Å². The molecule has 1 fully saturated rings. The second-order valence-corrected chi connectivity index (χ2v) is 7.13. The minimum absolute atomic E-state index is 0.433. The summed E-state index contributed by atoms with van der Waals surface area (Å²) in [4.78, 5) is 4.55. The van der Waals surface area contributed by atoms with Gasteiger partial charge in [0.25, 0.3) is 5.89 Å². The predicted octanol–water partition coefficient (Wildman–Crippen LogP) is 3.59. The number of aromatic nitrogens is 4. The first-order valence-corrected chi connectivity index (χ1v) is 8.76. The van der Waals surface area contributed by atoms with E-state index in [0.29, 0.717) is 18.3 Å². The molecule has 0 radical (unpaired) electrons. The molecule has 7 heteroatoms. The normalized spacial score (nSPS) is 16.0. The lowest BCUT2D eigenvalue weighted by molar-refractivity contribution is 0.229. The highest BCUT2D eigenvalue weighted by atomic mass is 35.5. The summed E-state index contributed by atoms with van der Waals surface area (Å²) < 4.78 is 7.42. The van der Waals surface area contributed by atoms with Gasteiger partial charge in [-0.05, 0) is 44.7 Å². The van der Waals surface area contributed by atoms with E-state index in [-0.39, 0.29) is 0 Å². The van der Waals surface area contributed by atoms with Crippen molar-refractivity contribution in [2.24, 2.45) is 5.73 Å². The van der Waals surface area contributed by atoms with Crippen LogP contribution < -0.4 is 5.73 Å². The molecule has 6 nitrogen and oxygen atoms in total. The molecular weight excluding hydrogens is 338 g/mol. The lowest BCUT2D eigenvalue weighted by Gasteiger charge is -2.34. The molecule has 0 aliphatic heterocycles. The monoisotopic (exact) mass is 357 g/mol. The molecule has 3 aromatic rings. The Bertz CT molecular complexity index is 925. The number of nitrogens with zero attached hydrogens (tertiary/aromatic N) is 4. The van der Waals surface area contributed by atoms with E-state index in [0.717, 1.165) is 46.8 Å². The summed E-state index contributed by atoms with van der Waals surface area (Å²) in [5.41, 5.74) is 9.56. The molecule has 130 valence electrons. The van der Waals surface area contributed by atoms with E-state index in [4.69, 9.17) is 21.9 Å². The first kappa shape index (κ1) is 16.3. The van der Waals surface area contributed by atoms with Crippen LogP contribution in [-0.2, 0) is 12.1 Å². The lowest BCUT2D eigenvalue weighted by Crippen LogP contribution is -2.44. The van der Waals surface area contributed by atoms with E-state index in [1.165, 1.54) is 0 Å². The van der Waals surface area contributed by atoms with Crippen LogP contribution in [0.3, 0.4) is 0 Å². The number of rotatable bonds is 4. The van der Waals surface area contributed by atoms with E-state index in [9.17, 15) is 0 Å². The third-order valence-corrected chi connectivity index (χ3v) is 5.36. The summed E-state index contributed by atoms with van der Waals surface area (Å²) in [6, 6.07) is 7.77. The van der Waals surface area contributed by atoms with Crippen LogP contribution in [0.2, 0.25) is 5.02 Å². The summed E-state index contributed by atoms with van der Waals surface area (Å²) in [5, 5.41) is 9.46. The Morgan fingerprint density at radius 3 is 2.72 bits per heavy atom. The summed E-state index contributed by atoms with van der Waals surface area (Å²) in [6.07, 6.45) is 2.90. The zero-order chi connectivity index (χ0) is 17.6. The van der Waals surface area contributed by atoms with Crippen LogP contribution in [0, 0.1) is 13.8 Å². The SMILES string of the molecule is Cc1nn(Cc2ccccc2Cl)c(C)c1-c1nc(C2(N)CCC2)no1. The fourth-order valence-corrected chi connectivity index (χ4v) is 3.45. The van der Waals surface area contributed by atoms with Gasteiger partial charge in [-0.25, -0.2) is 0 Å². The summed E-state index contributed by atoms with van der Waals surface area (Å²) in [7, 11) is 0. The number of nitrogens with two attached hydrogens (primary N) is 1. The highest BCUT2D eigenvalue weighted by molar-refractivity contribution is 6.31. The first-order valence-electron chi connectivity index (χ1n) is 8.39. The van der Waals surface area contributed by atoms with E-state index < -0.39 is 5.54 Å². The van der Waals surface area contributed by atoms with Gasteiger partial charge in [-0.2, -0.15) is 10.1 Å². The van der Waals surface area contributed by atoms with Crippen LogP contribution in [0.4, 0.5) is 0 Å². The van der Waals surface area contributed by atoms with Crippen molar-refractivity contribution >= 4 is 11.6 Å². The molecule has 1 aliphatic carbocycles. The molecule has 0 atom stereocenters. The summed E-state index contributed by atoms with van der Waals surface area (Å²) in [6.45, 7) is 4.53. The molecule has 0 unspecified atom stereocenters. The van der Waals surface area contributed by atoms with E-state index in [1.54, 1.807) is 0 Å². The van der Waals surface area contributed by atoms with Crippen LogP contribution in [0.1, 0.15) is 42.0 Å². The maximum absolute atomic E-state index is 6.30. The molecule has 0 amide bonds. The maximum Gasteiger partial charge on any atom is 0.261 e. The molecule has 2 heterocycles. The van der Waals surface area contributed by atoms with Gasteiger partial charge in [-0.15, -0.1) is 0 Å². The molecule has 0 spiro atoms. The Balaban J connectivity index is 1.67. The minimum Gasteiger partial charge on any atom is -0.334 e.